The maximum atomic E-state index is 12.3. The molecule has 5 aromatic rings. The number of hydrogen-bond donors (Lipinski definition) is 4. The fraction of sp³-hybridized carbons (Fsp3) is 0.200. The molecule has 2 aromatic carbocycles. The van der Waals surface area contributed by atoms with Crippen LogP contribution in [0.4, 0.5) is 17.2 Å². The summed E-state index contributed by atoms with van der Waals surface area (Å²) in [7, 11) is 0. The van der Waals surface area contributed by atoms with Crippen molar-refractivity contribution in [2.45, 2.75) is 25.9 Å². The van der Waals surface area contributed by atoms with Crippen LogP contribution < -0.4 is 16.2 Å². The van der Waals surface area contributed by atoms with Crippen LogP contribution in [0.15, 0.2) is 76.4 Å². The lowest BCUT2D eigenvalue weighted by Gasteiger charge is -2.20. The molecule has 0 saturated heterocycles. The van der Waals surface area contributed by atoms with Crippen molar-refractivity contribution < 1.29 is 9.52 Å². The van der Waals surface area contributed by atoms with Gasteiger partial charge in [0.15, 0.2) is 0 Å². The molecule has 3 aromatic heterocycles. The first-order valence-electron chi connectivity index (χ1n) is 11.2. The van der Waals surface area contributed by atoms with Crippen LogP contribution >= 0.6 is 0 Å². The number of benzene rings is 2. The topological polar surface area (TPSA) is 134 Å². The van der Waals surface area contributed by atoms with Crippen LogP contribution in [0.1, 0.15) is 31.5 Å². The molecule has 0 unspecified atom stereocenters. The van der Waals surface area contributed by atoms with Crippen molar-refractivity contribution in [3.8, 4) is 11.5 Å². The third kappa shape index (κ3) is 4.51. The Hall–Kier alpha value is -4.44. The number of fused-ring (bicyclic) bond motifs is 1. The summed E-state index contributed by atoms with van der Waals surface area (Å²) < 4.78 is 7.25. The van der Waals surface area contributed by atoms with Gasteiger partial charge in [0.25, 0.3) is 11.4 Å². The lowest BCUT2D eigenvalue weighted by atomic mass is 10.1. The number of aromatic nitrogens is 5. The van der Waals surface area contributed by atoms with Gasteiger partial charge in [-0.15, -0.1) is 10.2 Å². The molecule has 0 aliphatic carbocycles. The number of H-pyrrole nitrogens is 1. The summed E-state index contributed by atoms with van der Waals surface area (Å²) in [6.45, 7) is 3.90. The highest BCUT2D eigenvalue weighted by molar-refractivity contribution is 5.84. The highest BCUT2D eigenvalue weighted by atomic mass is 16.4. The van der Waals surface area contributed by atoms with Gasteiger partial charge in [-0.25, -0.2) is 4.98 Å². The van der Waals surface area contributed by atoms with Crippen molar-refractivity contribution in [3.05, 3.63) is 83.1 Å². The molecule has 0 saturated carbocycles. The van der Waals surface area contributed by atoms with Crippen molar-refractivity contribution in [1.29, 1.82) is 0 Å². The van der Waals surface area contributed by atoms with E-state index in [0.29, 0.717) is 28.3 Å². The number of nitrogens with one attached hydrogen (secondary N) is 3. The van der Waals surface area contributed by atoms with Crippen LogP contribution in [-0.2, 0) is 0 Å². The molecule has 0 aliphatic heterocycles. The molecule has 4 N–H and O–H groups in total. The predicted molar refractivity (Wildman–Crippen MR) is 134 cm³/mol. The molecule has 1 atom stereocenters. The molecule has 0 fully saturated rings. The maximum Gasteiger partial charge on any atom is 0.271 e. The monoisotopic (exact) mass is 471 g/mol. The molecule has 178 valence electrons. The third-order valence-corrected chi connectivity index (χ3v) is 5.72. The summed E-state index contributed by atoms with van der Waals surface area (Å²) in [6, 6.07) is 16.8. The van der Waals surface area contributed by atoms with E-state index in [9.17, 15) is 9.90 Å². The van der Waals surface area contributed by atoms with Crippen LogP contribution in [0.25, 0.3) is 22.4 Å². The Kier molecular flexibility index (Phi) is 6.02. The van der Waals surface area contributed by atoms with Crippen molar-refractivity contribution in [2.75, 3.05) is 17.2 Å². The Balaban J connectivity index is 1.51. The Morgan fingerprint density at radius 2 is 1.97 bits per heavy atom. The smallest absolute Gasteiger partial charge is 0.271 e. The number of aromatic amines is 1. The van der Waals surface area contributed by atoms with Crippen LogP contribution in [0.2, 0.25) is 0 Å². The summed E-state index contributed by atoms with van der Waals surface area (Å²) in [6.07, 6.45) is 2.89. The molecular weight excluding hydrogens is 446 g/mol. The van der Waals surface area contributed by atoms with Crippen molar-refractivity contribution in [1.82, 2.24) is 25.0 Å². The maximum absolute atomic E-state index is 12.3. The van der Waals surface area contributed by atoms with Crippen molar-refractivity contribution >= 4 is 28.1 Å². The Morgan fingerprint density at radius 3 is 2.69 bits per heavy atom. The molecule has 0 aliphatic rings. The predicted octanol–water partition coefficient (Wildman–Crippen LogP) is 4.24. The third-order valence-electron chi connectivity index (χ3n) is 5.72. The lowest BCUT2D eigenvalue weighted by molar-refractivity contribution is 0.276. The molecule has 10 heteroatoms. The van der Waals surface area contributed by atoms with Crippen LogP contribution in [0, 0.1) is 0 Å². The SMILES string of the molecule is CC(C)n1[nH]c(=O)c2ccc(Nc3cc(N[C@H](CO)c4ccccc4)c(-c4nnco4)cn3)cc21. The molecule has 0 radical (unpaired) electrons. The Bertz CT molecular complexity index is 1490. The minimum absolute atomic E-state index is 0.103. The molecular formula is C25H25N7O3. The largest absolute Gasteiger partial charge is 0.423 e. The van der Waals surface area contributed by atoms with Gasteiger partial charge in [-0.05, 0) is 37.6 Å². The van der Waals surface area contributed by atoms with E-state index in [1.807, 2.05) is 67.1 Å². The first-order valence-corrected chi connectivity index (χ1v) is 11.2. The standard InChI is InChI=1S/C25H25N7O3/c1-15(2)32-22-10-17(8-9-18(22)24(34)31-32)28-23-11-20(19(12-26-23)25-30-27-14-35-25)29-21(13-33)16-6-4-3-5-7-16/h3-12,14-15,21,33H,13H2,1-2H3,(H,31,34)(H2,26,28,29)/t21-/m1/s1. The molecule has 10 nitrogen and oxygen atoms in total. The Morgan fingerprint density at radius 1 is 1.14 bits per heavy atom. The number of aliphatic hydroxyl groups is 1. The first-order chi connectivity index (χ1) is 17.0. The van der Waals surface area contributed by atoms with Crippen molar-refractivity contribution in [2.24, 2.45) is 0 Å². The van der Waals surface area contributed by atoms with Gasteiger partial charge in [-0.3, -0.25) is 14.6 Å². The number of anilines is 3. The molecule has 35 heavy (non-hydrogen) atoms. The second-order valence-corrected chi connectivity index (χ2v) is 8.41. The van der Waals surface area contributed by atoms with E-state index < -0.39 is 0 Å². The summed E-state index contributed by atoms with van der Waals surface area (Å²) in [5.41, 5.74) is 3.66. The number of hydrogen-bond acceptors (Lipinski definition) is 8. The highest BCUT2D eigenvalue weighted by Crippen LogP contribution is 2.32. The van der Waals surface area contributed by atoms with Crippen LogP contribution in [-0.4, -0.2) is 36.7 Å². The molecule has 0 spiro atoms. The number of aliphatic hydroxyl groups excluding tert-OH is 1. The van der Waals surface area contributed by atoms with Gasteiger partial charge in [0.05, 0.1) is 34.8 Å². The second-order valence-electron chi connectivity index (χ2n) is 8.41. The zero-order valence-corrected chi connectivity index (χ0v) is 19.3. The van der Waals surface area contributed by atoms with Gasteiger partial charge in [-0.2, -0.15) is 0 Å². The molecule has 5 rings (SSSR count). The quantitative estimate of drug-likeness (QED) is 0.264. The number of pyridine rings is 1. The Labute approximate surface area is 200 Å². The normalized spacial score (nSPS) is 12.2. The summed E-state index contributed by atoms with van der Waals surface area (Å²) >= 11 is 0. The van der Waals surface area contributed by atoms with Crippen LogP contribution in [0.3, 0.4) is 0 Å². The van der Waals surface area contributed by atoms with E-state index in [4.69, 9.17) is 4.42 Å². The van der Waals surface area contributed by atoms with Gasteiger partial charge in [0.2, 0.25) is 6.39 Å². The minimum Gasteiger partial charge on any atom is -0.423 e. The van der Waals surface area contributed by atoms with E-state index in [0.717, 1.165) is 16.8 Å². The number of rotatable bonds is 8. The minimum atomic E-state index is -0.357. The summed E-state index contributed by atoms with van der Waals surface area (Å²) in [5, 5.41) is 28.0. The van der Waals surface area contributed by atoms with E-state index in [-0.39, 0.29) is 24.2 Å². The molecule has 0 amide bonds. The van der Waals surface area contributed by atoms with Gasteiger partial charge in [0, 0.05) is 24.0 Å². The van der Waals surface area contributed by atoms with Gasteiger partial charge >= 0.3 is 0 Å². The second kappa shape index (κ2) is 9.43. The summed E-state index contributed by atoms with van der Waals surface area (Å²) in [4.78, 5) is 16.8. The number of nitrogens with zero attached hydrogens (tertiary/aromatic N) is 4. The fourth-order valence-corrected chi connectivity index (χ4v) is 4.00. The zero-order chi connectivity index (χ0) is 24.4. The first kappa shape index (κ1) is 22.4. The van der Waals surface area contributed by atoms with Crippen LogP contribution in [0.5, 0.6) is 0 Å². The van der Waals surface area contributed by atoms with Gasteiger partial charge in [0.1, 0.15) is 5.82 Å². The average Bonchev–Trinajstić information content (AvgIpc) is 3.51. The van der Waals surface area contributed by atoms with E-state index in [1.54, 1.807) is 12.3 Å². The highest BCUT2D eigenvalue weighted by Gasteiger charge is 2.17. The summed E-state index contributed by atoms with van der Waals surface area (Å²) in [5.74, 6) is 0.875. The van der Waals surface area contributed by atoms with Gasteiger partial charge < -0.3 is 20.2 Å². The zero-order valence-electron chi connectivity index (χ0n) is 19.3. The molecule has 3 heterocycles. The van der Waals surface area contributed by atoms with Crippen molar-refractivity contribution in [3.63, 3.8) is 0 Å². The fourth-order valence-electron chi connectivity index (χ4n) is 4.00. The van der Waals surface area contributed by atoms with E-state index in [1.165, 1.54) is 6.39 Å². The molecule has 0 bridgehead atoms. The lowest BCUT2D eigenvalue weighted by Crippen LogP contribution is -2.15. The van der Waals surface area contributed by atoms with E-state index >= 15 is 0 Å². The average molecular weight is 472 g/mol. The van der Waals surface area contributed by atoms with E-state index in [2.05, 4.69) is 30.9 Å². The van der Waals surface area contributed by atoms with Gasteiger partial charge in [-0.1, -0.05) is 30.3 Å².